The van der Waals surface area contributed by atoms with Crippen LogP contribution in [0.1, 0.15) is 30.4 Å². The molecule has 1 spiro atoms. The fourth-order valence-electron chi connectivity index (χ4n) is 6.59. The summed E-state index contributed by atoms with van der Waals surface area (Å²) in [5, 5.41) is 33.2. The van der Waals surface area contributed by atoms with Crippen molar-refractivity contribution >= 4 is 0 Å². The number of aliphatic hydroxyl groups excluding tert-OH is 1. The summed E-state index contributed by atoms with van der Waals surface area (Å²) < 4.78 is 12.3. The second-order valence-corrected chi connectivity index (χ2v) is 8.88. The SMILES string of the molecule is COCC[N+]1(C)CC[C@]23c4c5ccc(O)c4O[C@H]2[C@@H](O)CCC3(O)[C@H]1C5. The van der Waals surface area contributed by atoms with Crippen LogP contribution in [0.3, 0.4) is 0 Å². The maximum absolute atomic E-state index is 12.1. The summed E-state index contributed by atoms with van der Waals surface area (Å²) in [5.41, 5.74) is 0.537. The topological polar surface area (TPSA) is 79.2 Å². The molecule has 26 heavy (non-hydrogen) atoms. The molecule has 2 aliphatic carbocycles. The number of aliphatic hydroxyl groups is 2. The number of benzene rings is 1. The third-order valence-corrected chi connectivity index (χ3v) is 7.88. The van der Waals surface area contributed by atoms with Crippen molar-refractivity contribution in [3.8, 4) is 11.5 Å². The summed E-state index contributed by atoms with van der Waals surface area (Å²) in [6, 6.07) is 3.70. The van der Waals surface area contributed by atoms with Crippen LogP contribution in [0.25, 0.3) is 0 Å². The number of ether oxygens (including phenoxy) is 2. The number of piperidine rings is 1. The van der Waals surface area contributed by atoms with Crippen molar-refractivity contribution in [3.05, 3.63) is 23.3 Å². The number of hydrogen-bond acceptors (Lipinski definition) is 5. The van der Waals surface area contributed by atoms with E-state index in [9.17, 15) is 15.3 Å². The fraction of sp³-hybridized carbons (Fsp3) is 0.700. The molecular weight excluding hydrogens is 334 g/mol. The molecule has 142 valence electrons. The number of phenolic OH excluding ortho intramolecular Hbond substituents is 1. The number of likely N-dealkylation sites (N-methyl/N-ethyl adjacent to an activating group) is 1. The number of phenols is 1. The summed E-state index contributed by atoms with van der Waals surface area (Å²) in [6.45, 7) is 2.41. The van der Waals surface area contributed by atoms with E-state index in [0.717, 1.165) is 41.5 Å². The third kappa shape index (κ3) is 1.72. The molecule has 1 saturated carbocycles. The summed E-state index contributed by atoms with van der Waals surface area (Å²) in [7, 11) is 3.94. The predicted molar refractivity (Wildman–Crippen MR) is 94.3 cm³/mol. The molecule has 6 heteroatoms. The van der Waals surface area contributed by atoms with E-state index in [0.29, 0.717) is 25.2 Å². The number of nitrogens with zero attached hydrogens (tertiary/aromatic N) is 1. The molecule has 1 saturated heterocycles. The molecule has 2 unspecified atom stereocenters. The van der Waals surface area contributed by atoms with Crippen LogP contribution in [0, 0.1) is 0 Å². The Morgan fingerprint density at radius 2 is 2.15 bits per heavy atom. The Hall–Kier alpha value is -1.34. The van der Waals surface area contributed by atoms with Crippen LogP contribution in [0.15, 0.2) is 12.1 Å². The molecule has 1 aromatic carbocycles. The first-order valence-electron chi connectivity index (χ1n) is 9.63. The zero-order valence-corrected chi connectivity index (χ0v) is 15.4. The maximum Gasteiger partial charge on any atom is 0.165 e. The lowest BCUT2D eigenvalue weighted by Gasteiger charge is -2.65. The first-order valence-corrected chi connectivity index (χ1v) is 9.63. The second kappa shape index (κ2) is 5.13. The van der Waals surface area contributed by atoms with Crippen LogP contribution in [-0.2, 0) is 16.6 Å². The number of quaternary nitrogens is 1. The van der Waals surface area contributed by atoms with E-state index in [-0.39, 0.29) is 11.8 Å². The van der Waals surface area contributed by atoms with E-state index in [4.69, 9.17) is 9.47 Å². The summed E-state index contributed by atoms with van der Waals surface area (Å²) in [6.07, 6.45) is 1.48. The monoisotopic (exact) mass is 362 g/mol. The van der Waals surface area contributed by atoms with Crippen molar-refractivity contribution in [2.45, 2.75) is 54.9 Å². The molecule has 4 aliphatic rings. The van der Waals surface area contributed by atoms with Gasteiger partial charge in [-0.1, -0.05) is 6.07 Å². The van der Waals surface area contributed by atoms with E-state index in [1.54, 1.807) is 13.2 Å². The molecule has 0 aromatic heterocycles. The van der Waals surface area contributed by atoms with Crippen molar-refractivity contribution in [2.24, 2.45) is 0 Å². The van der Waals surface area contributed by atoms with E-state index < -0.39 is 23.2 Å². The highest BCUT2D eigenvalue weighted by Crippen LogP contribution is 2.66. The minimum atomic E-state index is -0.941. The minimum Gasteiger partial charge on any atom is -0.504 e. The van der Waals surface area contributed by atoms with Gasteiger partial charge < -0.3 is 29.3 Å². The fourth-order valence-corrected chi connectivity index (χ4v) is 6.59. The second-order valence-electron chi connectivity index (χ2n) is 8.88. The zero-order chi connectivity index (χ0) is 18.3. The molecule has 2 fully saturated rings. The molecule has 6 atom stereocenters. The van der Waals surface area contributed by atoms with Gasteiger partial charge in [0.15, 0.2) is 11.5 Å². The highest BCUT2D eigenvalue weighted by atomic mass is 16.5. The van der Waals surface area contributed by atoms with E-state index in [2.05, 4.69) is 7.05 Å². The van der Waals surface area contributed by atoms with Gasteiger partial charge in [0.2, 0.25) is 0 Å². The first kappa shape index (κ1) is 16.8. The van der Waals surface area contributed by atoms with Crippen LogP contribution < -0.4 is 4.74 Å². The Labute approximate surface area is 153 Å². The molecule has 5 rings (SSSR count). The lowest BCUT2D eigenvalue weighted by atomic mass is 9.48. The van der Waals surface area contributed by atoms with Gasteiger partial charge in [-0.2, -0.15) is 0 Å². The van der Waals surface area contributed by atoms with Crippen molar-refractivity contribution in [2.75, 3.05) is 33.9 Å². The number of methoxy groups -OCH3 is 1. The van der Waals surface area contributed by atoms with Gasteiger partial charge in [-0.25, -0.2) is 0 Å². The minimum absolute atomic E-state index is 0.0352. The van der Waals surface area contributed by atoms with Crippen molar-refractivity contribution in [1.82, 2.24) is 0 Å². The highest BCUT2D eigenvalue weighted by molar-refractivity contribution is 5.62. The van der Waals surface area contributed by atoms with Gasteiger partial charge in [0, 0.05) is 25.5 Å². The van der Waals surface area contributed by atoms with Gasteiger partial charge in [-0.15, -0.1) is 0 Å². The van der Waals surface area contributed by atoms with Gasteiger partial charge in [0.05, 0.1) is 31.7 Å². The van der Waals surface area contributed by atoms with Gasteiger partial charge in [0.1, 0.15) is 24.3 Å². The Kier molecular flexibility index (Phi) is 3.32. The third-order valence-electron chi connectivity index (χ3n) is 7.88. The molecule has 0 amide bonds. The first-order chi connectivity index (χ1) is 12.4. The maximum atomic E-state index is 12.1. The molecule has 2 aliphatic heterocycles. The summed E-state index contributed by atoms with van der Waals surface area (Å²) >= 11 is 0. The van der Waals surface area contributed by atoms with Crippen LogP contribution in [0.4, 0.5) is 0 Å². The lowest BCUT2D eigenvalue weighted by molar-refractivity contribution is -0.949. The summed E-state index contributed by atoms with van der Waals surface area (Å²) in [5.74, 6) is 0.598. The average molecular weight is 362 g/mol. The van der Waals surface area contributed by atoms with Gasteiger partial charge >= 0.3 is 0 Å². The average Bonchev–Trinajstić information content (AvgIpc) is 2.98. The van der Waals surface area contributed by atoms with Crippen LogP contribution in [0.2, 0.25) is 0 Å². The molecule has 1 aromatic rings. The number of rotatable bonds is 3. The normalized spacial score (nSPS) is 45.2. The molecule has 3 N–H and O–H groups in total. The predicted octanol–water partition coefficient (Wildman–Crippen LogP) is 0.698. The Bertz CT molecular complexity index is 769. The van der Waals surface area contributed by atoms with E-state index in [1.807, 2.05) is 6.07 Å². The quantitative estimate of drug-likeness (QED) is 0.690. The smallest absolute Gasteiger partial charge is 0.165 e. The van der Waals surface area contributed by atoms with E-state index >= 15 is 0 Å². The highest BCUT2D eigenvalue weighted by Gasteiger charge is 2.76. The lowest BCUT2D eigenvalue weighted by Crippen LogP contribution is -2.81. The zero-order valence-electron chi connectivity index (χ0n) is 15.4. The van der Waals surface area contributed by atoms with Gasteiger partial charge in [-0.3, -0.25) is 0 Å². The number of hydrogen-bond donors (Lipinski definition) is 3. The van der Waals surface area contributed by atoms with E-state index in [1.165, 1.54) is 0 Å². The molecular formula is C20H28NO5+. The van der Waals surface area contributed by atoms with Gasteiger partial charge in [-0.05, 0) is 24.5 Å². The van der Waals surface area contributed by atoms with Crippen molar-refractivity contribution in [3.63, 3.8) is 0 Å². The van der Waals surface area contributed by atoms with Crippen molar-refractivity contribution in [1.29, 1.82) is 0 Å². The van der Waals surface area contributed by atoms with Crippen molar-refractivity contribution < 1.29 is 29.3 Å². The molecule has 2 heterocycles. The standard InChI is InChI=1S/C20H27NO5/c1-21(9-10-25-2)8-7-19-16-12-3-4-13(22)17(16)26-18(19)14(23)5-6-20(19,24)15(21)11-12/h3-4,14-15,18,23-24H,5-11H2,1-2H3/p+1/t14-,15+,18-,19-,20?,21?/m0/s1. The Balaban J connectivity index is 1.73. The molecule has 6 nitrogen and oxygen atoms in total. The van der Waals surface area contributed by atoms with Crippen LogP contribution in [-0.4, -0.2) is 77.5 Å². The molecule has 2 bridgehead atoms. The Morgan fingerprint density at radius 1 is 1.35 bits per heavy atom. The van der Waals surface area contributed by atoms with Gasteiger partial charge in [0.25, 0.3) is 0 Å². The summed E-state index contributed by atoms with van der Waals surface area (Å²) in [4.78, 5) is 0. The largest absolute Gasteiger partial charge is 0.504 e. The Morgan fingerprint density at radius 3 is 2.92 bits per heavy atom. The molecule has 0 radical (unpaired) electrons. The number of aromatic hydroxyl groups is 1. The van der Waals surface area contributed by atoms with Crippen LogP contribution >= 0.6 is 0 Å². The van der Waals surface area contributed by atoms with Crippen LogP contribution in [0.5, 0.6) is 11.5 Å². The number of likely N-dealkylation sites (tertiary alicyclic amines) is 1.